The molecular weight excluding hydrogens is 290 g/mol. The molecule has 0 radical (unpaired) electrons. The Morgan fingerprint density at radius 3 is 2.76 bits per heavy atom. The molecule has 3 rings (SSSR count). The summed E-state index contributed by atoms with van der Waals surface area (Å²) in [4.78, 5) is 36.4. The van der Waals surface area contributed by atoms with E-state index in [2.05, 4.69) is 10.7 Å². The Labute approximate surface area is 126 Å². The molecule has 1 saturated heterocycles. The number of thiophene rings is 1. The first-order valence-corrected chi connectivity index (χ1v) is 8.02. The highest BCUT2D eigenvalue weighted by molar-refractivity contribution is 7.08. The third-order valence-corrected chi connectivity index (χ3v) is 4.78. The zero-order chi connectivity index (χ0) is 14.9. The number of nitrogens with one attached hydrogen (secondary N) is 2. The van der Waals surface area contributed by atoms with E-state index in [9.17, 15) is 14.4 Å². The number of hydrogen-bond acceptors (Lipinski definition) is 4. The van der Waals surface area contributed by atoms with Gasteiger partial charge in [0, 0.05) is 0 Å². The van der Waals surface area contributed by atoms with Crippen molar-refractivity contribution < 1.29 is 14.4 Å². The molecule has 7 heteroatoms. The Morgan fingerprint density at radius 2 is 2.10 bits per heavy atom. The van der Waals surface area contributed by atoms with E-state index < -0.39 is 11.6 Å². The van der Waals surface area contributed by atoms with Crippen LogP contribution in [0.2, 0.25) is 0 Å². The first-order valence-electron chi connectivity index (χ1n) is 7.08. The number of amides is 4. The van der Waals surface area contributed by atoms with Crippen LogP contribution in [0.15, 0.2) is 16.8 Å². The summed E-state index contributed by atoms with van der Waals surface area (Å²) in [5.41, 5.74) is 2.50. The Bertz CT molecular complexity index is 564. The Kier molecular flexibility index (Phi) is 3.67. The van der Waals surface area contributed by atoms with Crippen molar-refractivity contribution in [1.82, 2.24) is 15.8 Å². The van der Waals surface area contributed by atoms with Crippen molar-refractivity contribution in [2.24, 2.45) is 0 Å². The lowest BCUT2D eigenvalue weighted by Gasteiger charge is -2.30. The van der Waals surface area contributed by atoms with Crippen molar-refractivity contribution >= 4 is 29.2 Å². The van der Waals surface area contributed by atoms with Crippen LogP contribution in [0.1, 0.15) is 37.7 Å². The van der Waals surface area contributed by atoms with Crippen LogP contribution in [-0.2, 0) is 16.0 Å². The predicted molar refractivity (Wildman–Crippen MR) is 77.4 cm³/mol. The molecule has 4 amide bonds. The predicted octanol–water partition coefficient (Wildman–Crippen LogP) is 1.58. The van der Waals surface area contributed by atoms with Crippen LogP contribution in [0, 0.1) is 0 Å². The third kappa shape index (κ3) is 2.65. The molecule has 1 aromatic rings. The maximum atomic E-state index is 12.5. The minimum Gasteiger partial charge on any atom is -0.322 e. The first-order chi connectivity index (χ1) is 10.1. The second-order valence-corrected chi connectivity index (χ2v) is 6.34. The number of hydrazine groups is 1. The second-order valence-electron chi connectivity index (χ2n) is 5.56. The van der Waals surface area contributed by atoms with Crippen LogP contribution in [0.25, 0.3) is 0 Å². The first kappa shape index (κ1) is 14.1. The van der Waals surface area contributed by atoms with Crippen molar-refractivity contribution in [3.8, 4) is 0 Å². The molecule has 112 valence electrons. The summed E-state index contributed by atoms with van der Waals surface area (Å²) in [6, 6.07) is 1.32. The standard InChI is InChI=1S/C14H17N3O3S/c18-11(8-10-4-7-21-9-10)16-17-12(19)14(15-13(17)20)5-2-1-3-6-14/h4,7,9H,1-3,5-6,8H2,(H,15,20)(H,16,18). The Balaban J connectivity index is 1.66. The highest BCUT2D eigenvalue weighted by atomic mass is 32.1. The van der Waals surface area contributed by atoms with Gasteiger partial charge in [-0.05, 0) is 35.2 Å². The van der Waals surface area contributed by atoms with E-state index in [0.717, 1.165) is 29.8 Å². The Hall–Kier alpha value is -1.89. The van der Waals surface area contributed by atoms with Gasteiger partial charge in [-0.3, -0.25) is 15.0 Å². The molecule has 0 atom stereocenters. The van der Waals surface area contributed by atoms with Gasteiger partial charge in [0.25, 0.3) is 5.91 Å². The van der Waals surface area contributed by atoms with Gasteiger partial charge in [-0.15, -0.1) is 0 Å². The topological polar surface area (TPSA) is 78.5 Å². The van der Waals surface area contributed by atoms with Crippen LogP contribution >= 0.6 is 11.3 Å². The molecule has 0 unspecified atom stereocenters. The molecule has 2 fully saturated rings. The lowest BCUT2D eigenvalue weighted by molar-refractivity contribution is -0.139. The largest absolute Gasteiger partial charge is 0.344 e. The molecule has 2 N–H and O–H groups in total. The minimum atomic E-state index is -0.801. The van der Waals surface area contributed by atoms with E-state index in [1.165, 1.54) is 11.3 Å². The molecular formula is C14H17N3O3S. The SMILES string of the molecule is O=C(Cc1ccsc1)NN1C(=O)NC2(CCCCC2)C1=O. The summed E-state index contributed by atoms with van der Waals surface area (Å²) in [5, 5.41) is 7.36. The van der Waals surface area contributed by atoms with Gasteiger partial charge in [-0.25, -0.2) is 4.79 Å². The molecule has 1 aliphatic carbocycles. The number of carbonyl (C=O) groups is 3. The van der Waals surface area contributed by atoms with Gasteiger partial charge in [0.1, 0.15) is 5.54 Å². The number of urea groups is 1. The van der Waals surface area contributed by atoms with Gasteiger partial charge in [0.05, 0.1) is 6.42 Å². The third-order valence-electron chi connectivity index (χ3n) is 4.05. The smallest absolute Gasteiger partial charge is 0.322 e. The zero-order valence-electron chi connectivity index (χ0n) is 11.6. The van der Waals surface area contributed by atoms with Crippen LogP contribution in [-0.4, -0.2) is 28.4 Å². The van der Waals surface area contributed by atoms with Crippen molar-refractivity contribution in [3.05, 3.63) is 22.4 Å². The number of imide groups is 1. The van der Waals surface area contributed by atoms with Crippen LogP contribution < -0.4 is 10.7 Å². The molecule has 6 nitrogen and oxygen atoms in total. The summed E-state index contributed by atoms with van der Waals surface area (Å²) in [5.74, 6) is -0.685. The van der Waals surface area contributed by atoms with Gasteiger partial charge < -0.3 is 5.32 Å². The normalized spacial score (nSPS) is 20.7. The highest BCUT2D eigenvalue weighted by Gasteiger charge is 2.52. The summed E-state index contributed by atoms with van der Waals surface area (Å²) in [7, 11) is 0. The van der Waals surface area contributed by atoms with Crippen molar-refractivity contribution in [3.63, 3.8) is 0 Å². The molecule has 2 aliphatic rings. The number of nitrogens with zero attached hydrogens (tertiary/aromatic N) is 1. The van der Waals surface area contributed by atoms with E-state index in [-0.39, 0.29) is 18.2 Å². The van der Waals surface area contributed by atoms with E-state index in [1.54, 1.807) is 0 Å². The molecule has 1 aromatic heterocycles. The fourth-order valence-electron chi connectivity index (χ4n) is 2.96. The van der Waals surface area contributed by atoms with Crippen LogP contribution in [0.4, 0.5) is 4.79 Å². The van der Waals surface area contributed by atoms with Crippen molar-refractivity contribution in [1.29, 1.82) is 0 Å². The fraction of sp³-hybridized carbons (Fsp3) is 0.500. The molecule has 1 spiro atoms. The quantitative estimate of drug-likeness (QED) is 0.832. The lowest BCUT2D eigenvalue weighted by atomic mass is 9.82. The Morgan fingerprint density at radius 1 is 1.33 bits per heavy atom. The summed E-state index contributed by atoms with van der Waals surface area (Å²) in [6.07, 6.45) is 4.37. The number of carbonyl (C=O) groups excluding carboxylic acids is 3. The maximum absolute atomic E-state index is 12.5. The monoisotopic (exact) mass is 307 g/mol. The minimum absolute atomic E-state index is 0.160. The van der Waals surface area contributed by atoms with Gasteiger partial charge in [-0.1, -0.05) is 19.3 Å². The van der Waals surface area contributed by atoms with Gasteiger partial charge >= 0.3 is 6.03 Å². The van der Waals surface area contributed by atoms with E-state index in [1.807, 2.05) is 16.8 Å². The average molecular weight is 307 g/mol. The van der Waals surface area contributed by atoms with E-state index >= 15 is 0 Å². The zero-order valence-corrected chi connectivity index (χ0v) is 12.4. The fourth-order valence-corrected chi connectivity index (χ4v) is 3.63. The van der Waals surface area contributed by atoms with Crippen molar-refractivity contribution in [2.75, 3.05) is 0 Å². The van der Waals surface area contributed by atoms with E-state index in [0.29, 0.717) is 12.8 Å². The van der Waals surface area contributed by atoms with Gasteiger partial charge in [-0.2, -0.15) is 16.3 Å². The molecule has 0 bridgehead atoms. The van der Waals surface area contributed by atoms with Gasteiger partial charge in [0.2, 0.25) is 5.91 Å². The molecule has 21 heavy (non-hydrogen) atoms. The van der Waals surface area contributed by atoms with Crippen molar-refractivity contribution in [2.45, 2.75) is 44.1 Å². The molecule has 1 saturated carbocycles. The van der Waals surface area contributed by atoms with E-state index in [4.69, 9.17) is 0 Å². The van der Waals surface area contributed by atoms with Crippen LogP contribution in [0.5, 0.6) is 0 Å². The lowest BCUT2D eigenvalue weighted by Crippen LogP contribution is -2.51. The summed E-state index contributed by atoms with van der Waals surface area (Å²) >= 11 is 1.50. The number of rotatable bonds is 3. The highest BCUT2D eigenvalue weighted by Crippen LogP contribution is 2.32. The molecule has 2 heterocycles. The average Bonchev–Trinajstić information content (AvgIpc) is 3.04. The summed E-state index contributed by atoms with van der Waals surface area (Å²) < 4.78 is 0. The molecule has 1 aliphatic heterocycles. The summed E-state index contributed by atoms with van der Waals surface area (Å²) in [6.45, 7) is 0. The maximum Gasteiger partial charge on any atom is 0.344 e. The van der Waals surface area contributed by atoms with Crippen LogP contribution in [0.3, 0.4) is 0 Å². The number of hydrogen-bond donors (Lipinski definition) is 2. The second kappa shape index (κ2) is 5.48. The van der Waals surface area contributed by atoms with Gasteiger partial charge in [0.15, 0.2) is 0 Å². The molecule has 0 aromatic carbocycles.